The van der Waals surface area contributed by atoms with Crippen LogP contribution in [0.15, 0.2) is 53.8 Å². The number of nitrogens with one attached hydrogen (secondary N) is 1. The molecule has 0 aliphatic carbocycles. The predicted molar refractivity (Wildman–Crippen MR) is 61.9 cm³/mol. The van der Waals surface area contributed by atoms with Crippen molar-refractivity contribution in [1.29, 1.82) is 0 Å². The molecule has 3 nitrogen and oxygen atoms in total. The first kappa shape index (κ1) is 10.3. The van der Waals surface area contributed by atoms with Crippen LogP contribution in [0.3, 0.4) is 0 Å². The van der Waals surface area contributed by atoms with Gasteiger partial charge in [0.1, 0.15) is 5.82 Å². The molecule has 0 aliphatic heterocycles. The van der Waals surface area contributed by atoms with E-state index in [2.05, 4.69) is 15.5 Å². The summed E-state index contributed by atoms with van der Waals surface area (Å²) in [7, 11) is 0. The minimum absolute atomic E-state index is 0.265. The van der Waals surface area contributed by atoms with Crippen LogP contribution in [-0.4, -0.2) is 11.2 Å². The number of hydrogen-bond donors (Lipinski definition) is 1. The second kappa shape index (κ2) is 5.02. The number of aromatic nitrogens is 1. The highest BCUT2D eigenvalue weighted by Crippen LogP contribution is 2.07. The lowest BCUT2D eigenvalue weighted by Gasteiger charge is -1.98. The summed E-state index contributed by atoms with van der Waals surface area (Å²) in [5.41, 5.74) is 4.27. The summed E-state index contributed by atoms with van der Waals surface area (Å²) in [6, 6.07) is 11.5. The summed E-state index contributed by atoms with van der Waals surface area (Å²) in [6.07, 6.45) is 3.29. The Labute approximate surface area is 92.7 Å². The normalized spacial score (nSPS) is 10.6. The Morgan fingerprint density at radius 1 is 1.12 bits per heavy atom. The number of nitrogens with zero attached hydrogens (tertiary/aromatic N) is 2. The lowest BCUT2D eigenvalue weighted by Crippen LogP contribution is -1.92. The number of anilines is 1. The van der Waals surface area contributed by atoms with Crippen LogP contribution in [0.25, 0.3) is 0 Å². The lowest BCUT2D eigenvalue weighted by molar-refractivity contribution is 0.628. The molecule has 1 aromatic carbocycles. The molecule has 2 rings (SSSR count). The molecule has 80 valence electrons. The molecule has 0 spiro atoms. The van der Waals surface area contributed by atoms with Crippen molar-refractivity contribution < 1.29 is 4.39 Å². The fraction of sp³-hybridized carbons (Fsp3) is 0. The van der Waals surface area contributed by atoms with E-state index in [1.165, 1.54) is 12.1 Å². The molecule has 0 bridgehead atoms. The van der Waals surface area contributed by atoms with Crippen molar-refractivity contribution >= 4 is 11.9 Å². The van der Waals surface area contributed by atoms with Gasteiger partial charge in [-0.25, -0.2) is 4.39 Å². The average Bonchev–Trinajstić information content (AvgIpc) is 2.33. The molecular formula is C12H10FN3. The van der Waals surface area contributed by atoms with Crippen molar-refractivity contribution in [2.75, 3.05) is 5.43 Å². The zero-order valence-electron chi connectivity index (χ0n) is 8.47. The molecule has 1 N–H and O–H groups in total. The molecule has 1 heterocycles. The van der Waals surface area contributed by atoms with Crippen molar-refractivity contribution in [1.82, 2.24) is 4.98 Å². The summed E-state index contributed by atoms with van der Waals surface area (Å²) < 4.78 is 12.6. The maximum atomic E-state index is 12.6. The van der Waals surface area contributed by atoms with Crippen LogP contribution in [0.1, 0.15) is 5.69 Å². The van der Waals surface area contributed by atoms with E-state index in [1.54, 1.807) is 24.5 Å². The van der Waals surface area contributed by atoms with Crippen LogP contribution >= 0.6 is 0 Å². The van der Waals surface area contributed by atoms with Gasteiger partial charge in [0.05, 0.1) is 17.6 Å². The van der Waals surface area contributed by atoms with Gasteiger partial charge in [0, 0.05) is 6.20 Å². The van der Waals surface area contributed by atoms with Gasteiger partial charge in [-0.15, -0.1) is 0 Å². The third-order valence-electron chi connectivity index (χ3n) is 1.92. The van der Waals surface area contributed by atoms with E-state index < -0.39 is 0 Å². The third-order valence-corrected chi connectivity index (χ3v) is 1.92. The Balaban J connectivity index is 1.97. The van der Waals surface area contributed by atoms with E-state index in [0.29, 0.717) is 0 Å². The second-order valence-electron chi connectivity index (χ2n) is 3.13. The fourth-order valence-corrected chi connectivity index (χ4v) is 1.15. The molecule has 2 aromatic rings. The number of pyridine rings is 1. The molecule has 0 amide bonds. The number of hydrazone groups is 1. The zero-order valence-corrected chi connectivity index (χ0v) is 8.47. The quantitative estimate of drug-likeness (QED) is 0.631. The first-order valence-electron chi connectivity index (χ1n) is 4.80. The fourth-order valence-electron chi connectivity index (χ4n) is 1.15. The largest absolute Gasteiger partial charge is 0.278 e. The molecule has 0 saturated heterocycles. The Morgan fingerprint density at radius 3 is 2.62 bits per heavy atom. The Hall–Kier alpha value is -2.23. The van der Waals surface area contributed by atoms with Crippen LogP contribution in [-0.2, 0) is 0 Å². The molecule has 0 atom stereocenters. The van der Waals surface area contributed by atoms with Gasteiger partial charge in [0.25, 0.3) is 0 Å². The average molecular weight is 215 g/mol. The minimum atomic E-state index is -0.265. The van der Waals surface area contributed by atoms with Gasteiger partial charge in [-0.3, -0.25) is 10.4 Å². The van der Waals surface area contributed by atoms with E-state index in [9.17, 15) is 4.39 Å². The first-order valence-corrected chi connectivity index (χ1v) is 4.80. The maximum Gasteiger partial charge on any atom is 0.123 e. The van der Waals surface area contributed by atoms with Crippen LogP contribution in [0.5, 0.6) is 0 Å². The molecule has 0 unspecified atom stereocenters. The number of rotatable bonds is 3. The molecule has 0 saturated carbocycles. The highest BCUT2D eigenvalue weighted by Gasteiger charge is 1.90. The summed E-state index contributed by atoms with van der Waals surface area (Å²) in [5.74, 6) is -0.265. The Kier molecular flexibility index (Phi) is 3.23. The van der Waals surface area contributed by atoms with Crippen molar-refractivity contribution in [2.24, 2.45) is 5.10 Å². The van der Waals surface area contributed by atoms with E-state index in [1.807, 2.05) is 18.2 Å². The van der Waals surface area contributed by atoms with Crippen molar-refractivity contribution in [2.45, 2.75) is 0 Å². The van der Waals surface area contributed by atoms with E-state index >= 15 is 0 Å². The molecular weight excluding hydrogens is 205 g/mol. The van der Waals surface area contributed by atoms with Gasteiger partial charge in [-0.2, -0.15) is 5.10 Å². The van der Waals surface area contributed by atoms with Gasteiger partial charge >= 0.3 is 0 Å². The molecule has 0 radical (unpaired) electrons. The van der Waals surface area contributed by atoms with Crippen molar-refractivity contribution in [3.63, 3.8) is 0 Å². The maximum absolute atomic E-state index is 12.6. The Bertz CT molecular complexity index is 465. The van der Waals surface area contributed by atoms with Crippen LogP contribution in [0.4, 0.5) is 10.1 Å². The lowest BCUT2D eigenvalue weighted by atomic mass is 10.3. The van der Waals surface area contributed by atoms with Crippen LogP contribution in [0, 0.1) is 5.82 Å². The summed E-state index contributed by atoms with van der Waals surface area (Å²) in [5, 5.41) is 3.98. The SMILES string of the molecule is Fc1ccc(NN=Cc2ccccn2)cc1. The molecule has 1 aromatic heterocycles. The van der Waals surface area contributed by atoms with E-state index in [0.717, 1.165) is 11.4 Å². The van der Waals surface area contributed by atoms with Gasteiger partial charge in [-0.05, 0) is 36.4 Å². The number of benzene rings is 1. The van der Waals surface area contributed by atoms with Crippen LogP contribution in [0.2, 0.25) is 0 Å². The summed E-state index contributed by atoms with van der Waals surface area (Å²) in [6.45, 7) is 0. The van der Waals surface area contributed by atoms with Crippen molar-refractivity contribution in [3.05, 3.63) is 60.2 Å². The van der Waals surface area contributed by atoms with Gasteiger partial charge < -0.3 is 0 Å². The van der Waals surface area contributed by atoms with Crippen molar-refractivity contribution in [3.8, 4) is 0 Å². The molecule has 0 aliphatic rings. The van der Waals surface area contributed by atoms with Gasteiger partial charge in [0.15, 0.2) is 0 Å². The zero-order chi connectivity index (χ0) is 11.2. The summed E-state index contributed by atoms with van der Waals surface area (Å²) >= 11 is 0. The molecule has 16 heavy (non-hydrogen) atoms. The minimum Gasteiger partial charge on any atom is -0.278 e. The second-order valence-corrected chi connectivity index (χ2v) is 3.13. The first-order chi connectivity index (χ1) is 7.84. The van der Waals surface area contributed by atoms with Gasteiger partial charge in [0.2, 0.25) is 0 Å². The topological polar surface area (TPSA) is 37.3 Å². The highest BCUT2D eigenvalue weighted by molar-refractivity contribution is 5.77. The van der Waals surface area contributed by atoms with Gasteiger partial charge in [-0.1, -0.05) is 6.07 Å². The molecule has 4 heteroatoms. The number of halogens is 1. The van der Waals surface area contributed by atoms with Crippen LogP contribution < -0.4 is 5.43 Å². The monoisotopic (exact) mass is 215 g/mol. The molecule has 0 fully saturated rings. The predicted octanol–water partition coefficient (Wildman–Crippen LogP) is 2.67. The van der Waals surface area contributed by atoms with E-state index in [-0.39, 0.29) is 5.82 Å². The van der Waals surface area contributed by atoms with E-state index in [4.69, 9.17) is 0 Å². The standard InChI is InChI=1S/C12H10FN3/c13-10-4-6-11(7-5-10)16-15-9-12-3-1-2-8-14-12/h1-9,16H. The smallest absolute Gasteiger partial charge is 0.123 e. The summed E-state index contributed by atoms with van der Waals surface area (Å²) in [4.78, 5) is 4.07. The highest BCUT2D eigenvalue weighted by atomic mass is 19.1. The third kappa shape index (κ3) is 2.88. The number of hydrogen-bond acceptors (Lipinski definition) is 3. The Morgan fingerprint density at radius 2 is 1.94 bits per heavy atom.